The lowest BCUT2D eigenvalue weighted by atomic mass is 10.1. The van der Waals surface area contributed by atoms with Crippen molar-refractivity contribution < 1.29 is 0 Å². The Balaban J connectivity index is 1.82. The number of hydrogen-bond acceptors (Lipinski definition) is 5. The minimum atomic E-state index is 0.429. The van der Waals surface area contributed by atoms with E-state index in [0.717, 1.165) is 18.0 Å². The van der Waals surface area contributed by atoms with Crippen molar-refractivity contribution in [2.45, 2.75) is 18.9 Å². The van der Waals surface area contributed by atoms with Crippen LogP contribution in [0.3, 0.4) is 0 Å². The van der Waals surface area contributed by atoms with Crippen LogP contribution in [0.1, 0.15) is 12.8 Å². The van der Waals surface area contributed by atoms with E-state index < -0.39 is 0 Å². The maximum Gasteiger partial charge on any atom is 0.244 e. The van der Waals surface area contributed by atoms with Gasteiger partial charge >= 0.3 is 0 Å². The van der Waals surface area contributed by atoms with Gasteiger partial charge in [0.05, 0.1) is 17.9 Å². The molecule has 1 fully saturated rings. The fourth-order valence-corrected chi connectivity index (χ4v) is 2.33. The lowest BCUT2D eigenvalue weighted by Gasteiger charge is -2.30. The van der Waals surface area contributed by atoms with Crippen LogP contribution in [0.25, 0.3) is 5.52 Å². The smallest absolute Gasteiger partial charge is 0.244 e. The number of nitrogens with zero attached hydrogens (tertiary/aromatic N) is 5. The number of likely N-dealkylation sites (N-methyl/N-ethyl adjacent to an activating group) is 1. The molecule has 0 aliphatic carbocycles. The van der Waals surface area contributed by atoms with Crippen LogP contribution in [0.4, 0.5) is 5.95 Å². The number of rotatable bonds is 2. The van der Waals surface area contributed by atoms with Gasteiger partial charge in [-0.15, -0.1) is 5.10 Å². The number of aromatic nitrogens is 4. The Hall–Kier alpha value is -1.69. The van der Waals surface area contributed by atoms with E-state index in [1.54, 1.807) is 16.9 Å². The molecule has 0 bridgehead atoms. The van der Waals surface area contributed by atoms with Crippen molar-refractivity contribution in [1.29, 1.82) is 0 Å². The summed E-state index contributed by atoms with van der Waals surface area (Å²) < 4.78 is 1.79. The zero-order valence-electron chi connectivity index (χ0n) is 9.87. The molecule has 0 unspecified atom stereocenters. The highest BCUT2D eigenvalue weighted by atomic mass is 15.4. The fraction of sp³-hybridized carbons (Fsp3) is 0.545. The van der Waals surface area contributed by atoms with E-state index in [1.165, 1.54) is 19.4 Å². The van der Waals surface area contributed by atoms with Gasteiger partial charge in [0.1, 0.15) is 0 Å². The minimum absolute atomic E-state index is 0.429. The van der Waals surface area contributed by atoms with Crippen molar-refractivity contribution in [2.24, 2.45) is 0 Å². The molecule has 1 aliphatic heterocycles. The molecular weight excluding hydrogens is 216 g/mol. The van der Waals surface area contributed by atoms with E-state index in [9.17, 15) is 0 Å². The number of piperidine rings is 1. The molecule has 17 heavy (non-hydrogen) atoms. The number of anilines is 1. The van der Waals surface area contributed by atoms with Crippen molar-refractivity contribution in [1.82, 2.24) is 24.7 Å². The van der Waals surface area contributed by atoms with Gasteiger partial charge in [0.15, 0.2) is 0 Å². The molecule has 6 heteroatoms. The van der Waals surface area contributed by atoms with Crippen LogP contribution in [0.2, 0.25) is 0 Å². The summed E-state index contributed by atoms with van der Waals surface area (Å²) in [5.41, 5.74) is 0.965. The van der Waals surface area contributed by atoms with E-state index in [0.29, 0.717) is 6.04 Å². The predicted molar refractivity (Wildman–Crippen MR) is 64.9 cm³/mol. The maximum absolute atomic E-state index is 4.24. The fourth-order valence-electron chi connectivity index (χ4n) is 2.33. The molecule has 2 aromatic heterocycles. The Morgan fingerprint density at radius 3 is 3.29 bits per heavy atom. The van der Waals surface area contributed by atoms with Gasteiger partial charge in [-0.3, -0.25) is 0 Å². The zero-order chi connectivity index (χ0) is 11.7. The minimum Gasteiger partial charge on any atom is -0.349 e. The number of likely N-dealkylation sites (tertiary alicyclic amines) is 1. The van der Waals surface area contributed by atoms with E-state index >= 15 is 0 Å². The predicted octanol–water partition coefficient (Wildman–Crippen LogP) is 0.630. The Morgan fingerprint density at radius 2 is 2.41 bits per heavy atom. The van der Waals surface area contributed by atoms with Gasteiger partial charge < -0.3 is 10.2 Å². The third-order valence-corrected chi connectivity index (χ3v) is 3.17. The van der Waals surface area contributed by atoms with Gasteiger partial charge in [-0.1, -0.05) is 0 Å². The summed E-state index contributed by atoms with van der Waals surface area (Å²) in [7, 11) is 2.15. The molecule has 0 spiro atoms. The molecule has 2 aromatic rings. The lowest BCUT2D eigenvalue weighted by Crippen LogP contribution is -2.40. The normalized spacial score (nSPS) is 21.8. The number of nitrogens with one attached hydrogen (secondary N) is 1. The van der Waals surface area contributed by atoms with Crippen LogP contribution < -0.4 is 5.32 Å². The van der Waals surface area contributed by atoms with Crippen molar-refractivity contribution in [3.8, 4) is 0 Å². The van der Waals surface area contributed by atoms with Gasteiger partial charge in [0.25, 0.3) is 0 Å². The topological polar surface area (TPSA) is 58.3 Å². The van der Waals surface area contributed by atoms with Gasteiger partial charge in [-0.2, -0.15) is 14.7 Å². The summed E-state index contributed by atoms with van der Waals surface area (Å²) in [6.45, 7) is 2.22. The molecule has 0 aromatic carbocycles. The molecule has 0 saturated carbocycles. The van der Waals surface area contributed by atoms with Crippen molar-refractivity contribution in [2.75, 3.05) is 25.5 Å². The molecule has 1 N–H and O–H groups in total. The first-order valence-corrected chi connectivity index (χ1v) is 5.93. The molecule has 0 radical (unpaired) electrons. The largest absolute Gasteiger partial charge is 0.349 e. The Kier molecular flexibility index (Phi) is 2.64. The highest BCUT2D eigenvalue weighted by molar-refractivity contribution is 5.47. The summed E-state index contributed by atoms with van der Waals surface area (Å²) in [5, 5.41) is 15.8. The van der Waals surface area contributed by atoms with Crippen molar-refractivity contribution in [3.63, 3.8) is 0 Å². The highest BCUT2D eigenvalue weighted by Crippen LogP contribution is 2.13. The van der Waals surface area contributed by atoms with Crippen LogP contribution >= 0.6 is 0 Å². The number of hydrogen-bond donors (Lipinski definition) is 1. The van der Waals surface area contributed by atoms with Crippen LogP contribution in [0.15, 0.2) is 18.5 Å². The summed E-state index contributed by atoms with van der Waals surface area (Å²) >= 11 is 0. The van der Waals surface area contributed by atoms with Gasteiger partial charge in [0, 0.05) is 12.6 Å². The van der Waals surface area contributed by atoms with E-state index in [2.05, 4.69) is 32.6 Å². The summed E-state index contributed by atoms with van der Waals surface area (Å²) in [4.78, 5) is 2.33. The second-order valence-electron chi connectivity index (χ2n) is 4.58. The molecule has 3 heterocycles. The van der Waals surface area contributed by atoms with E-state index in [4.69, 9.17) is 0 Å². The molecule has 1 atom stereocenters. The molecule has 1 aliphatic rings. The summed E-state index contributed by atoms with van der Waals surface area (Å²) in [5.74, 6) is 0.729. The Labute approximate surface area is 99.6 Å². The van der Waals surface area contributed by atoms with Crippen LogP contribution in [0.5, 0.6) is 0 Å². The van der Waals surface area contributed by atoms with Crippen molar-refractivity contribution in [3.05, 3.63) is 18.5 Å². The molecule has 6 nitrogen and oxygen atoms in total. The second kappa shape index (κ2) is 4.29. The molecule has 0 amide bonds. The van der Waals surface area contributed by atoms with Crippen LogP contribution in [0, 0.1) is 0 Å². The third kappa shape index (κ3) is 2.08. The highest BCUT2D eigenvalue weighted by Gasteiger charge is 2.18. The van der Waals surface area contributed by atoms with Crippen LogP contribution in [-0.2, 0) is 0 Å². The quantitative estimate of drug-likeness (QED) is 0.823. The van der Waals surface area contributed by atoms with Gasteiger partial charge in [0.2, 0.25) is 5.95 Å². The lowest BCUT2D eigenvalue weighted by molar-refractivity contribution is 0.260. The first kappa shape index (κ1) is 10.5. The summed E-state index contributed by atoms with van der Waals surface area (Å²) in [6, 6.07) is 2.35. The average molecular weight is 232 g/mol. The van der Waals surface area contributed by atoms with Gasteiger partial charge in [-0.25, -0.2) is 0 Å². The summed E-state index contributed by atoms with van der Waals surface area (Å²) in [6.07, 6.45) is 5.86. The van der Waals surface area contributed by atoms with Gasteiger partial charge in [-0.05, 0) is 32.5 Å². The maximum atomic E-state index is 4.24. The first-order chi connectivity index (χ1) is 8.33. The molecular formula is C11H16N6. The van der Waals surface area contributed by atoms with E-state index in [-0.39, 0.29) is 0 Å². The molecule has 3 rings (SSSR count). The second-order valence-corrected chi connectivity index (χ2v) is 4.58. The SMILES string of the molecule is CN1CCC[C@@H](Nc2nncc3ccnn23)C1. The zero-order valence-corrected chi connectivity index (χ0v) is 9.87. The first-order valence-electron chi connectivity index (χ1n) is 5.93. The molecule has 90 valence electrons. The standard InChI is InChI=1S/C11H16N6/c1-16-6-2-3-9(8-16)14-11-15-12-7-10-4-5-13-17(10)11/h4-5,7,9H,2-3,6,8H2,1H3,(H,14,15)/t9-/m1/s1. The Morgan fingerprint density at radius 1 is 1.47 bits per heavy atom. The molecule has 1 saturated heterocycles. The number of fused-ring (bicyclic) bond motifs is 1. The Bertz CT molecular complexity index is 507. The van der Waals surface area contributed by atoms with Crippen molar-refractivity contribution >= 4 is 11.5 Å². The van der Waals surface area contributed by atoms with E-state index in [1.807, 2.05) is 6.07 Å². The van der Waals surface area contributed by atoms with Crippen LogP contribution in [-0.4, -0.2) is 50.9 Å². The average Bonchev–Trinajstić information content (AvgIpc) is 2.78. The third-order valence-electron chi connectivity index (χ3n) is 3.17. The monoisotopic (exact) mass is 232 g/mol.